The zero-order chi connectivity index (χ0) is 22.4. The van der Waals surface area contributed by atoms with E-state index < -0.39 is 0 Å². The van der Waals surface area contributed by atoms with Gasteiger partial charge in [-0.2, -0.15) is 0 Å². The van der Waals surface area contributed by atoms with Crippen LogP contribution in [-0.4, -0.2) is 42.6 Å². The summed E-state index contributed by atoms with van der Waals surface area (Å²) in [6.45, 7) is 9.12. The van der Waals surface area contributed by atoms with Crippen molar-refractivity contribution in [3.05, 3.63) is 65.9 Å². The van der Waals surface area contributed by atoms with Crippen LogP contribution in [0.3, 0.4) is 0 Å². The zero-order valence-corrected chi connectivity index (χ0v) is 18.6. The van der Waals surface area contributed by atoms with Gasteiger partial charge >= 0.3 is 0 Å². The average molecular weight is 423 g/mol. The van der Waals surface area contributed by atoms with E-state index in [1.165, 1.54) is 4.90 Å². The van der Waals surface area contributed by atoms with Gasteiger partial charge < -0.3 is 14.8 Å². The quantitative estimate of drug-likeness (QED) is 0.577. The molecule has 0 bridgehead atoms. The molecule has 0 radical (unpaired) electrons. The van der Waals surface area contributed by atoms with E-state index in [1.807, 2.05) is 68.4 Å². The second kappa shape index (κ2) is 10.3. The van der Waals surface area contributed by atoms with Gasteiger partial charge in [0, 0.05) is 5.69 Å². The Morgan fingerprint density at radius 2 is 1.58 bits per heavy atom. The molecule has 164 valence electrons. The van der Waals surface area contributed by atoms with Crippen LogP contribution in [0, 0.1) is 5.92 Å². The van der Waals surface area contributed by atoms with Crippen molar-refractivity contribution in [3.8, 4) is 5.75 Å². The first-order valence-electron chi connectivity index (χ1n) is 10.6. The van der Waals surface area contributed by atoms with E-state index >= 15 is 0 Å². The fourth-order valence-electron chi connectivity index (χ4n) is 3.19. The van der Waals surface area contributed by atoms with Crippen LogP contribution >= 0.6 is 0 Å². The second-order valence-corrected chi connectivity index (χ2v) is 8.15. The Labute approximate surface area is 183 Å². The van der Waals surface area contributed by atoms with E-state index in [0.29, 0.717) is 30.3 Å². The molecule has 0 aromatic heterocycles. The normalized spacial score (nSPS) is 14.2. The molecule has 3 rings (SSSR count). The largest absolute Gasteiger partial charge is 0.493 e. The van der Waals surface area contributed by atoms with Crippen molar-refractivity contribution < 1.29 is 19.1 Å². The Balaban J connectivity index is 1.89. The smallest absolute Gasteiger partial charge is 0.278 e. The van der Waals surface area contributed by atoms with Crippen LogP contribution < -0.4 is 10.1 Å². The number of amides is 2. The maximum Gasteiger partial charge on any atom is 0.278 e. The molecule has 2 amide bonds. The molecule has 0 aliphatic carbocycles. The van der Waals surface area contributed by atoms with Crippen LogP contribution in [0.25, 0.3) is 5.57 Å². The molecule has 1 aliphatic rings. The summed E-state index contributed by atoms with van der Waals surface area (Å²) in [6, 6.07) is 16.6. The lowest BCUT2D eigenvalue weighted by Gasteiger charge is -2.16. The van der Waals surface area contributed by atoms with Crippen molar-refractivity contribution in [2.24, 2.45) is 5.92 Å². The summed E-state index contributed by atoms with van der Waals surface area (Å²) in [4.78, 5) is 27.6. The predicted molar refractivity (Wildman–Crippen MR) is 122 cm³/mol. The summed E-state index contributed by atoms with van der Waals surface area (Å²) in [7, 11) is 0. The number of ether oxygens (including phenoxy) is 2. The summed E-state index contributed by atoms with van der Waals surface area (Å²) in [5, 5.41) is 3.15. The van der Waals surface area contributed by atoms with Crippen LogP contribution in [0.5, 0.6) is 5.75 Å². The number of nitrogens with one attached hydrogen (secondary N) is 1. The first-order valence-corrected chi connectivity index (χ1v) is 10.6. The summed E-state index contributed by atoms with van der Waals surface area (Å²) in [6.07, 6.45) is 0.0283. The van der Waals surface area contributed by atoms with Gasteiger partial charge in [0.05, 0.1) is 31.4 Å². The molecule has 2 aromatic rings. The molecule has 0 saturated heterocycles. The summed E-state index contributed by atoms with van der Waals surface area (Å²) in [5.74, 6) is 0.470. The highest BCUT2D eigenvalue weighted by Gasteiger charge is 2.39. The van der Waals surface area contributed by atoms with Gasteiger partial charge in [0.2, 0.25) is 0 Å². The van der Waals surface area contributed by atoms with Gasteiger partial charge in [-0.25, -0.2) is 0 Å². The number of imide groups is 1. The lowest BCUT2D eigenvalue weighted by molar-refractivity contribution is -0.137. The number of anilines is 1. The monoisotopic (exact) mass is 422 g/mol. The fourth-order valence-corrected chi connectivity index (χ4v) is 3.19. The molecule has 0 unspecified atom stereocenters. The highest BCUT2D eigenvalue weighted by molar-refractivity contribution is 6.36. The minimum Gasteiger partial charge on any atom is -0.493 e. The number of nitrogens with zero attached hydrogens (tertiary/aromatic N) is 1. The molecule has 6 nitrogen and oxygen atoms in total. The van der Waals surface area contributed by atoms with E-state index in [1.54, 1.807) is 0 Å². The Hall–Kier alpha value is -3.12. The van der Waals surface area contributed by atoms with Crippen molar-refractivity contribution in [2.75, 3.05) is 25.1 Å². The predicted octanol–water partition coefficient (Wildman–Crippen LogP) is 4.34. The van der Waals surface area contributed by atoms with Crippen molar-refractivity contribution in [1.82, 2.24) is 4.90 Å². The lowest BCUT2D eigenvalue weighted by Crippen LogP contribution is -2.35. The molecule has 1 N–H and O–H groups in total. The van der Waals surface area contributed by atoms with Crippen LogP contribution in [0.4, 0.5) is 5.69 Å². The molecule has 0 fully saturated rings. The van der Waals surface area contributed by atoms with Crippen LogP contribution in [0.15, 0.2) is 60.3 Å². The molecular weight excluding hydrogens is 392 g/mol. The second-order valence-electron chi connectivity index (χ2n) is 8.15. The zero-order valence-electron chi connectivity index (χ0n) is 18.6. The minimum atomic E-state index is -0.351. The van der Waals surface area contributed by atoms with Gasteiger partial charge in [-0.15, -0.1) is 0 Å². The number of hydrogen-bond acceptors (Lipinski definition) is 5. The van der Waals surface area contributed by atoms with Crippen LogP contribution in [-0.2, 0) is 14.3 Å². The molecule has 1 heterocycles. The molecule has 31 heavy (non-hydrogen) atoms. The van der Waals surface area contributed by atoms with Gasteiger partial charge in [-0.05, 0) is 49.6 Å². The van der Waals surface area contributed by atoms with Crippen molar-refractivity contribution in [3.63, 3.8) is 0 Å². The van der Waals surface area contributed by atoms with Gasteiger partial charge in [-0.1, -0.05) is 44.2 Å². The molecule has 6 heteroatoms. The van der Waals surface area contributed by atoms with Crippen LogP contribution in [0.1, 0.15) is 33.3 Å². The van der Waals surface area contributed by atoms with Crippen molar-refractivity contribution >= 4 is 23.1 Å². The SMILES string of the molecule is CC(C)COc1ccc(C2=C(Nc3ccccc3)C(=O)N(CCOC(C)C)C2=O)cc1. The number of carbonyl (C=O) groups excluding carboxylic acids is 2. The summed E-state index contributed by atoms with van der Waals surface area (Å²) >= 11 is 0. The first-order chi connectivity index (χ1) is 14.9. The summed E-state index contributed by atoms with van der Waals surface area (Å²) in [5.41, 5.74) is 2.04. The lowest BCUT2D eigenvalue weighted by atomic mass is 10.0. The number of benzene rings is 2. The van der Waals surface area contributed by atoms with E-state index in [0.717, 1.165) is 11.4 Å². The van der Waals surface area contributed by atoms with E-state index in [4.69, 9.17) is 9.47 Å². The third-order valence-electron chi connectivity index (χ3n) is 4.70. The van der Waals surface area contributed by atoms with Gasteiger partial charge in [0.1, 0.15) is 11.4 Å². The molecule has 0 spiro atoms. The highest BCUT2D eigenvalue weighted by Crippen LogP contribution is 2.31. The standard InChI is InChI=1S/C25H30N2O4/c1-17(2)16-31-21-12-10-19(11-13-21)22-23(26-20-8-6-5-7-9-20)25(29)27(24(22)28)14-15-30-18(3)4/h5-13,17-18,26H,14-16H2,1-4H3. The van der Waals surface area contributed by atoms with Crippen molar-refractivity contribution in [2.45, 2.75) is 33.8 Å². The maximum absolute atomic E-state index is 13.2. The number of hydrogen-bond donors (Lipinski definition) is 1. The molecule has 0 saturated carbocycles. The Kier molecular flexibility index (Phi) is 7.47. The van der Waals surface area contributed by atoms with Crippen LogP contribution in [0.2, 0.25) is 0 Å². The number of para-hydroxylation sites is 1. The Morgan fingerprint density at radius 3 is 2.19 bits per heavy atom. The van der Waals surface area contributed by atoms with Crippen molar-refractivity contribution in [1.29, 1.82) is 0 Å². The van der Waals surface area contributed by atoms with Gasteiger partial charge in [-0.3, -0.25) is 14.5 Å². The number of rotatable bonds is 10. The maximum atomic E-state index is 13.2. The Bertz CT molecular complexity index is 934. The third-order valence-corrected chi connectivity index (χ3v) is 4.70. The topological polar surface area (TPSA) is 67.9 Å². The molecule has 1 aliphatic heterocycles. The molecular formula is C25H30N2O4. The molecule has 0 atom stereocenters. The Morgan fingerprint density at radius 1 is 0.903 bits per heavy atom. The number of carbonyl (C=O) groups is 2. The van der Waals surface area contributed by atoms with E-state index in [9.17, 15) is 9.59 Å². The van der Waals surface area contributed by atoms with Gasteiger partial charge in [0.15, 0.2) is 0 Å². The minimum absolute atomic E-state index is 0.0283. The first kappa shape index (κ1) is 22.6. The fraction of sp³-hybridized carbons (Fsp3) is 0.360. The van der Waals surface area contributed by atoms with E-state index in [2.05, 4.69) is 19.2 Å². The average Bonchev–Trinajstić information content (AvgIpc) is 2.97. The summed E-state index contributed by atoms with van der Waals surface area (Å²) < 4.78 is 11.3. The highest BCUT2D eigenvalue weighted by atomic mass is 16.5. The third kappa shape index (κ3) is 5.73. The van der Waals surface area contributed by atoms with Gasteiger partial charge in [0.25, 0.3) is 11.8 Å². The van der Waals surface area contributed by atoms with E-state index in [-0.39, 0.29) is 30.2 Å². The molecule has 2 aromatic carbocycles.